The molecule has 0 aliphatic carbocycles. The third-order valence-corrected chi connectivity index (χ3v) is 3.53. The third kappa shape index (κ3) is 4.56. The van der Waals surface area contributed by atoms with Gasteiger partial charge in [-0.2, -0.15) is 0 Å². The fourth-order valence-electron chi connectivity index (χ4n) is 1.95. The topological polar surface area (TPSA) is 62.7 Å². The maximum atomic E-state index is 10.9. The highest BCUT2D eigenvalue weighted by molar-refractivity contribution is 5.72. The number of ether oxygens (including phenoxy) is 1. The number of likely N-dealkylation sites (N-methyl/N-ethyl adjacent to an activating group) is 1. The number of aliphatic carboxylic acids is 1. The van der Waals surface area contributed by atoms with E-state index in [2.05, 4.69) is 4.98 Å². The number of hydrogen-bond acceptors (Lipinski definition) is 4. The van der Waals surface area contributed by atoms with Gasteiger partial charge in [-0.15, -0.1) is 0 Å². The van der Waals surface area contributed by atoms with Crippen molar-refractivity contribution in [1.29, 1.82) is 0 Å². The molecule has 0 saturated carbocycles. The average molecular weight is 300 g/mol. The van der Waals surface area contributed by atoms with E-state index in [1.807, 2.05) is 36.4 Å². The first kappa shape index (κ1) is 16.0. The van der Waals surface area contributed by atoms with Crippen LogP contribution in [0.4, 0.5) is 0 Å². The van der Waals surface area contributed by atoms with Crippen LogP contribution in [0, 0.1) is 0 Å². The van der Waals surface area contributed by atoms with E-state index in [9.17, 15) is 4.79 Å². The molecule has 1 unspecified atom stereocenters. The van der Waals surface area contributed by atoms with Crippen LogP contribution < -0.4 is 4.74 Å². The summed E-state index contributed by atoms with van der Waals surface area (Å²) in [5, 5.41) is 8.99. The van der Waals surface area contributed by atoms with E-state index >= 15 is 0 Å². The molecule has 1 N–H and O–H groups in total. The molecule has 0 aliphatic heterocycles. The molecule has 0 radical (unpaired) electrons. The predicted molar refractivity (Wildman–Crippen MR) is 83.6 cm³/mol. The van der Waals surface area contributed by atoms with E-state index in [4.69, 9.17) is 9.84 Å². The second-order valence-electron chi connectivity index (χ2n) is 5.22. The molecule has 116 valence electrons. The van der Waals surface area contributed by atoms with Gasteiger partial charge in [0.05, 0.1) is 0 Å². The van der Waals surface area contributed by atoms with Crippen LogP contribution in [0.5, 0.6) is 5.75 Å². The van der Waals surface area contributed by atoms with Gasteiger partial charge in [0.25, 0.3) is 0 Å². The van der Waals surface area contributed by atoms with Gasteiger partial charge in [-0.25, -0.2) is 0 Å². The fraction of sp³-hybridized carbons (Fsp3) is 0.294. The quantitative estimate of drug-likeness (QED) is 0.851. The molecule has 22 heavy (non-hydrogen) atoms. The Kier molecular flexibility index (Phi) is 5.49. The van der Waals surface area contributed by atoms with E-state index in [0.717, 1.165) is 16.9 Å². The number of hydrogen-bond donors (Lipinski definition) is 1. The predicted octanol–water partition coefficient (Wildman–Crippen LogP) is 2.57. The van der Waals surface area contributed by atoms with Crippen molar-refractivity contribution in [1.82, 2.24) is 9.88 Å². The number of nitrogens with zero attached hydrogens (tertiary/aromatic N) is 2. The fourth-order valence-corrected chi connectivity index (χ4v) is 1.95. The van der Waals surface area contributed by atoms with Crippen molar-refractivity contribution in [2.45, 2.75) is 26.1 Å². The van der Waals surface area contributed by atoms with Crippen LogP contribution in [0.2, 0.25) is 0 Å². The maximum Gasteiger partial charge on any atom is 0.320 e. The first-order valence-corrected chi connectivity index (χ1v) is 7.10. The molecule has 1 aromatic heterocycles. The summed E-state index contributed by atoms with van der Waals surface area (Å²) in [5.74, 6) is -0.0331. The van der Waals surface area contributed by atoms with Crippen molar-refractivity contribution in [3.63, 3.8) is 0 Å². The lowest BCUT2D eigenvalue weighted by atomic mass is 10.2. The Labute approximate surface area is 130 Å². The van der Waals surface area contributed by atoms with Gasteiger partial charge < -0.3 is 9.84 Å². The first-order chi connectivity index (χ1) is 10.6. The number of carbonyl (C=O) groups is 1. The summed E-state index contributed by atoms with van der Waals surface area (Å²) in [6, 6.07) is 11.0. The number of pyridine rings is 1. The largest absolute Gasteiger partial charge is 0.489 e. The Bertz CT molecular complexity index is 599. The summed E-state index contributed by atoms with van der Waals surface area (Å²) < 4.78 is 5.70. The Hall–Kier alpha value is -2.40. The van der Waals surface area contributed by atoms with E-state index in [1.165, 1.54) is 0 Å². The van der Waals surface area contributed by atoms with Crippen molar-refractivity contribution < 1.29 is 14.6 Å². The van der Waals surface area contributed by atoms with Crippen molar-refractivity contribution in [3.05, 3.63) is 59.9 Å². The average Bonchev–Trinajstić information content (AvgIpc) is 2.54. The van der Waals surface area contributed by atoms with Gasteiger partial charge in [0.1, 0.15) is 18.4 Å². The Balaban J connectivity index is 1.89. The number of carboxylic acid groups (broad SMARTS) is 1. The van der Waals surface area contributed by atoms with Crippen LogP contribution in [0.3, 0.4) is 0 Å². The Morgan fingerprint density at radius 3 is 2.41 bits per heavy atom. The van der Waals surface area contributed by atoms with Crippen LogP contribution in [-0.4, -0.2) is 34.0 Å². The summed E-state index contributed by atoms with van der Waals surface area (Å²) in [6.45, 7) is 2.75. The summed E-state index contributed by atoms with van der Waals surface area (Å²) >= 11 is 0. The van der Waals surface area contributed by atoms with Crippen LogP contribution in [0.1, 0.15) is 18.1 Å². The zero-order chi connectivity index (χ0) is 15.9. The van der Waals surface area contributed by atoms with Gasteiger partial charge in [0.2, 0.25) is 0 Å². The summed E-state index contributed by atoms with van der Waals surface area (Å²) in [4.78, 5) is 16.7. The SMILES string of the molecule is CC(C(=O)O)N(C)Cc1ccc(OCc2ccncc2)cc1. The standard InChI is InChI=1S/C17H20N2O3/c1-13(17(20)21)19(2)11-14-3-5-16(6-4-14)22-12-15-7-9-18-10-8-15/h3-10,13H,11-12H2,1-2H3,(H,20,21). The molecular formula is C17H20N2O3. The number of benzene rings is 1. The lowest BCUT2D eigenvalue weighted by molar-refractivity contribution is -0.142. The Morgan fingerprint density at radius 2 is 1.82 bits per heavy atom. The minimum Gasteiger partial charge on any atom is -0.489 e. The van der Waals surface area contributed by atoms with Gasteiger partial charge >= 0.3 is 5.97 Å². The monoisotopic (exact) mass is 300 g/mol. The molecule has 1 atom stereocenters. The summed E-state index contributed by atoms with van der Waals surface area (Å²) in [6.07, 6.45) is 3.47. The second kappa shape index (κ2) is 7.56. The molecule has 0 fully saturated rings. The van der Waals surface area contributed by atoms with E-state index in [0.29, 0.717) is 13.2 Å². The van der Waals surface area contributed by atoms with Gasteiger partial charge in [-0.05, 0) is 49.4 Å². The van der Waals surface area contributed by atoms with Crippen molar-refractivity contribution in [3.8, 4) is 5.75 Å². The highest BCUT2D eigenvalue weighted by Crippen LogP contribution is 2.15. The van der Waals surface area contributed by atoms with Gasteiger partial charge in [-0.3, -0.25) is 14.7 Å². The molecule has 2 aromatic rings. The zero-order valence-electron chi connectivity index (χ0n) is 12.8. The zero-order valence-corrected chi connectivity index (χ0v) is 12.8. The van der Waals surface area contributed by atoms with Crippen LogP contribution >= 0.6 is 0 Å². The number of carboxylic acids is 1. The number of aromatic nitrogens is 1. The van der Waals surface area contributed by atoms with Crippen LogP contribution in [-0.2, 0) is 17.9 Å². The highest BCUT2D eigenvalue weighted by atomic mass is 16.5. The minimum atomic E-state index is -0.820. The molecule has 1 heterocycles. The van der Waals surface area contributed by atoms with Crippen molar-refractivity contribution >= 4 is 5.97 Å². The molecule has 1 aromatic carbocycles. The Morgan fingerprint density at radius 1 is 1.18 bits per heavy atom. The second-order valence-corrected chi connectivity index (χ2v) is 5.22. The van der Waals surface area contributed by atoms with Gasteiger partial charge in [0.15, 0.2) is 0 Å². The smallest absolute Gasteiger partial charge is 0.320 e. The molecule has 0 saturated heterocycles. The first-order valence-electron chi connectivity index (χ1n) is 7.10. The molecule has 5 nitrogen and oxygen atoms in total. The van der Waals surface area contributed by atoms with Crippen LogP contribution in [0.15, 0.2) is 48.8 Å². The van der Waals surface area contributed by atoms with E-state index < -0.39 is 12.0 Å². The molecule has 0 amide bonds. The lowest BCUT2D eigenvalue weighted by Crippen LogP contribution is -2.35. The maximum absolute atomic E-state index is 10.9. The molecule has 0 aliphatic rings. The highest BCUT2D eigenvalue weighted by Gasteiger charge is 2.16. The van der Waals surface area contributed by atoms with Crippen molar-refractivity contribution in [2.24, 2.45) is 0 Å². The van der Waals surface area contributed by atoms with Crippen LogP contribution in [0.25, 0.3) is 0 Å². The summed E-state index contributed by atoms with van der Waals surface area (Å²) in [5.41, 5.74) is 2.11. The molecular weight excluding hydrogens is 280 g/mol. The van der Waals surface area contributed by atoms with E-state index in [-0.39, 0.29) is 0 Å². The third-order valence-electron chi connectivity index (χ3n) is 3.53. The number of rotatable bonds is 7. The minimum absolute atomic E-state index is 0.498. The van der Waals surface area contributed by atoms with Gasteiger partial charge in [-0.1, -0.05) is 12.1 Å². The van der Waals surface area contributed by atoms with Gasteiger partial charge in [0, 0.05) is 18.9 Å². The molecule has 0 bridgehead atoms. The lowest BCUT2D eigenvalue weighted by Gasteiger charge is -2.21. The molecule has 2 rings (SSSR count). The van der Waals surface area contributed by atoms with Crippen molar-refractivity contribution in [2.75, 3.05) is 7.05 Å². The summed E-state index contributed by atoms with van der Waals surface area (Å²) in [7, 11) is 1.80. The normalized spacial score (nSPS) is 12.1. The molecule has 0 spiro atoms. The van der Waals surface area contributed by atoms with E-state index in [1.54, 1.807) is 31.3 Å². The molecule has 5 heteroatoms.